The summed E-state index contributed by atoms with van der Waals surface area (Å²) >= 11 is 1.79. The van der Waals surface area contributed by atoms with Gasteiger partial charge in [0.2, 0.25) is 0 Å². The summed E-state index contributed by atoms with van der Waals surface area (Å²) in [7, 11) is 0. The summed E-state index contributed by atoms with van der Waals surface area (Å²) < 4.78 is 1.33. The Morgan fingerprint density at radius 1 is 1.40 bits per heavy atom. The Balaban J connectivity index is 1.69. The van der Waals surface area contributed by atoms with Crippen molar-refractivity contribution in [1.29, 1.82) is 0 Å². The molecule has 20 heavy (non-hydrogen) atoms. The molecule has 1 aliphatic rings. The monoisotopic (exact) mass is 289 g/mol. The second-order valence-electron chi connectivity index (χ2n) is 5.60. The van der Waals surface area contributed by atoms with Gasteiger partial charge in [-0.05, 0) is 47.7 Å². The first-order valence-electron chi connectivity index (χ1n) is 7.11. The summed E-state index contributed by atoms with van der Waals surface area (Å²) in [6.07, 6.45) is 2.47. The molecule has 2 aromatic rings. The highest BCUT2D eigenvalue weighted by Crippen LogP contribution is 2.28. The molecule has 106 valence electrons. The van der Waals surface area contributed by atoms with Crippen LogP contribution in [0.4, 0.5) is 0 Å². The molecule has 4 heteroatoms. The zero-order valence-electron chi connectivity index (χ0n) is 11.4. The van der Waals surface area contributed by atoms with E-state index in [1.54, 1.807) is 11.3 Å². The molecule has 0 spiro atoms. The van der Waals surface area contributed by atoms with Crippen molar-refractivity contribution >= 4 is 27.4 Å². The fourth-order valence-corrected chi connectivity index (χ4v) is 4.06. The normalized spacial score (nSPS) is 20.3. The van der Waals surface area contributed by atoms with E-state index < -0.39 is 5.97 Å². The van der Waals surface area contributed by atoms with Crippen molar-refractivity contribution in [3.05, 3.63) is 35.2 Å². The molecule has 3 nitrogen and oxygen atoms in total. The SMILES string of the molecule is O=C(O)CC1CCCN(Cc2csc3ccccc23)C1. The molecule has 0 amide bonds. The van der Waals surface area contributed by atoms with Crippen molar-refractivity contribution in [2.45, 2.75) is 25.8 Å². The first-order valence-corrected chi connectivity index (χ1v) is 7.99. The summed E-state index contributed by atoms with van der Waals surface area (Å²) in [6.45, 7) is 2.94. The number of carbonyl (C=O) groups is 1. The van der Waals surface area contributed by atoms with Crippen LogP contribution in [0, 0.1) is 5.92 Å². The molecule has 0 aliphatic carbocycles. The van der Waals surface area contributed by atoms with Crippen molar-refractivity contribution in [2.24, 2.45) is 5.92 Å². The Kier molecular flexibility index (Phi) is 4.03. The third kappa shape index (κ3) is 3.02. The van der Waals surface area contributed by atoms with Crippen molar-refractivity contribution in [2.75, 3.05) is 13.1 Å². The number of fused-ring (bicyclic) bond motifs is 1. The van der Waals surface area contributed by atoms with Crippen LogP contribution in [-0.2, 0) is 11.3 Å². The number of nitrogens with zero attached hydrogens (tertiary/aromatic N) is 1. The molecular weight excluding hydrogens is 270 g/mol. The Bertz CT molecular complexity index is 607. The van der Waals surface area contributed by atoms with Crippen LogP contribution < -0.4 is 0 Å². The van der Waals surface area contributed by atoms with Gasteiger partial charge in [0.1, 0.15) is 0 Å². The van der Waals surface area contributed by atoms with Gasteiger partial charge in [0.25, 0.3) is 0 Å². The van der Waals surface area contributed by atoms with Crippen LogP contribution in [0.5, 0.6) is 0 Å². The zero-order chi connectivity index (χ0) is 13.9. The molecule has 0 radical (unpaired) electrons. The van der Waals surface area contributed by atoms with Crippen LogP contribution in [0.3, 0.4) is 0 Å². The summed E-state index contributed by atoms with van der Waals surface area (Å²) in [5, 5.41) is 12.5. The minimum absolute atomic E-state index is 0.306. The van der Waals surface area contributed by atoms with Crippen molar-refractivity contribution in [3.8, 4) is 0 Å². The molecule has 1 saturated heterocycles. The lowest BCUT2D eigenvalue weighted by Gasteiger charge is -2.31. The fraction of sp³-hybridized carbons (Fsp3) is 0.438. The average molecular weight is 289 g/mol. The molecule has 1 aromatic carbocycles. The van der Waals surface area contributed by atoms with E-state index in [2.05, 4.69) is 34.5 Å². The third-order valence-corrected chi connectivity index (χ3v) is 5.03. The van der Waals surface area contributed by atoms with Crippen LogP contribution in [0.1, 0.15) is 24.8 Å². The number of hydrogen-bond donors (Lipinski definition) is 1. The minimum atomic E-state index is -0.669. The number of carboxylic acids is 1. The van der Waals surface area contributed by atoms with E-state index in [1.165, 1.54) is 15.6 Å². The first kappa shape index (κ1) is 13.6. The number of hydrogen-bond acceptors (Lipinski definition) is 3. The minimum Gasteiger partial charge on any atom is -0.481 e. The fourth-order valence-electron chi connectivity index (χ4n) is 3.10. The van der Waals surface area contributed by atoms with Gasteiger partial charge in [0.15, 0.2) is 0 Å². The van der Waals surface area contributed by atoms with Gasteiger partial charge < -0.3 is 5.11 Å². The Labute approximate surface area is 122 Å². The van der Waals surface area contributed by atoms with E-state index in [9.17, 15) is 4.79 Å². The Hall–Kier alpha value is -1.39. The van der Waals surface area contributed by atoms with Gasteiger partial charge in [-0.15, -0.1) is 11.3 Å². The van der Waals surface area contributed by atoms with Crippen molar-refractivity contribution in [3.63, 3.8) is 0 Å². The number of likely N-dealkylation sites (tertiary alicyclic amines) is 1. The highest BCUT2D eigenvalue weighted by Gasteiger charge is 2.22. The van der Waals surface area contributed by atoms with E-state index >= 15 is 0 Å². The molecule has 2 heterocycles. The molecule has 1 atom stereocenters. The molecule has 1 N–H and O–H groups in total. The zero-order valence-corrected chi connectivity index (χ0v) is 12.2. The average Bonchev–Trinajstić information content (AvgIpc) is 2.82. The van der Waals surface area contributed by atoms with E-state index in [4.69, 9.17) is 5.11 Å². The lowest BCUT2D eigenvalue weighted by molar-refractivity contribution is -0.138. The predicted molar refractivity (Wildman–Crippen MR) is 82.1 cm³/mol. The summed E-state index contributed by atoms with van der Waals surface area (Å²) in [6, 6.07) is 8.50. The van der Waals surface area contributed by atoms with Crippen LogP contribution in [0.25, 0.3) is 10.1 Å². The lowest BCUT2D eigenvalue weighted by Crippen LogP contribution is -2.35. The number of piperidine rings is 1. The molecule has 3 rings (SSSR count). The Morgan fingerprint density at radius 3 is 3.10 bits per heavy atom. The van der Waals surface area contributed by atoms with Gasteiger partial charge in [-0.3, -0.25) is 9.69 Å². The van der Waals surface area contributed by atoms with Gasteiger partial charge in [-0.1, -0.05) is 18.2 Å². The molecule has 1 unspecified atom stereocenters. The van der Waals surface area contributed by atoms with E-state index in [0.29, 0.717) is 12.3 Å². The van der Waals surface area contributed by atoms with Crippen LogP contribution in [0.2, 0.25) is 0 Å². The lowest BCUT2D eigenvalue weighted by atomic mass is 9.94. The standard InChI is InChI=1S/C16H19NO2S/c18-16(19)8-12-4-3-7-17(9-12)10-13-11-20-15-6-2-1-5-14(13)15/h1-2,5-6,11-12H,3-4,7-10H2,(H,18,19). The summed E-state index contributed by atoms with van der Waals surface area (Å²) in [5.41, 5.74) is 1.38. The third-order valence-electron chi connectivity index (χ3n) is 4.02. The van der Waals surface area contributed by atoms with Crippen molar-refractivity contribution < 1.29 is 9.90 Å². The maximum absolute atomic E-state index is 10.8. The predicted octanol–water partition coefficient (Wildman–Crippen LogP) is 3.59. The maximum Gasteiger partial charge on any atom is 0.303 e. The largest absolute Gasteiger partial charge is 0.481 e. The smallest absolute Gasteiger partial charge is 0.303 e. The topological polar surface area (TPSA) is 40.5 Å². The second-order valence-corrected chi connectivity index (χ2v) is 6.51. The van der Waals surface area contributed by atoms with Gasteiger partial charge in [0.05, 0.1) is 0 Å². The molecule has 0 bridgehead atoms. The molecule has 0 saturated carbocycles. The molecule has 1 aliphatic heterocycles. The quantitative estimate of drug-likeness (QED) is 0.935. The number of rotatable bonds is 4. The van der Waals surface area contributed by atoms with Gasteiger partial charge >= 0.3 is 5.97 Å². The summed E-state index contributed by atoms with van der Waals surface area (Å²) in [5.74, 6) is -0.357. The van der Waals surface area contributed by atoms with Gasteiger partial charge in [0, 0.05) is 24.2 Å². The van der Waals surface area contributed by atoms with Crippen LogP contribution in [0.15, 0.2) is 29.6 Å². The summed E-state index contributed by atoms with van der Waals surface area (Å²) in [4.78, 5) is 13.3. The molecule has 1 aromatic heterocycles. The number of aliphatic carboxylic acids is 1. The van der Waals surface area contributed by atoms with Gasteiger partial charge in [-0.2, -0.15) is 0 Å². The van der Waals surface area contributed by atoms with Crippen molar-refractivity contribution in [1.82, 2.24) is 4.90 Å². The van der Waals surface area contributed by atoms with E-state index in [-0.39, 0.29) is 0 Å². The maximum atomic E-state index is 10.8. The number of carboxylic acid groups (broad SMARTS) is 1. The first-order chi connectivity index (χ1) is 9.72. The Morgan fingerprint density at radius 2 is 2.25 bits per heavy atom. The van der Waals surface area contributed by atoms with Gasteiger partial charge in [-0.25, -0.2) is 0 Å². The molecular formula is C16H19NO2S. The second kappa shape index (κ2) is 5.94. The number of benzene rings is 1. The highest BCUT2D eigenvalue weighted by molar-refractivity contribution is 7.17. The molecule has 1 fully saturated rings. The van der Waals surface area contributed by atoms with E-state index in [1.807, 2.05) is 0 Å². The van der Waals surface area contributed by atoms with E-state index in [0.717, 1.165) is 32.5 Å². The van der Waals surface area contributed by atoms with Crippen LogP contribution in [-0.4, -0.2) is 29.1 Å². The highest BCUT2D eigenvalue weighted by atomic mass is 32.1. The van der Waals surface area contributed by atoms with Crippen LogP contribution >= 0.6 is 11.3 Å². The number of thiophene rings is 1.